The molecule has 0 aromatic heterocycles. The third kappa shape index (κ3) is 5.11. The minimum absolute atomic E-state index is 0.00999. The Labute approximate surface area is 102 Å². The van der Waals surface area contributed by atoms with Crippen molar-refractivity contribution in [1.29, 1.82) is 0 Å². The molecule has 0 saturated carbocycles. The number of hydrogen-bond acceptors (Lipinski definition) is 2. The number of carbonyl (C=O) groups excluding carboxylic acids is 2. The van der Waals surface area contributed by atoms with Crippen molar-refractivity contribution in [2.24, 2.45) is 0 Å². The van der Waals surface area contributed by atoms with Crippen LogP contribution in [0.1, 0.15) is 36.2 Å². The van der Waals surface area contributed by atoms with Gasteiger partial charge in [0.15, 0.2) is 5.78 Å². The monoisotopic (exact) mass is 231 g/mol. The maximum atomic E-state index is 11.1. The lowest BCUT2D eigenvalue weighted by Gasteiger charge is -1.98. The second-order valence-electron chi connectivity index (χ2n) is 3.85. The molecule has 1 amide bonds. The van der Waals surface area contributed by atoms with Gasteiger partial charge in [-0.3, -0.25) is 9.59 Å². The predicted molar refractivity (Wildman–Crippen MR) is 68.8 cm³/mol. The van der Waals surface area contributed by atoms with Gasteiger partial charge in [0, 0.05) is 19.0 Å². The number of benzene rings is 1. The van der Waals surface area contributed by atoms with Crippen LogP contribution in [-0.4, -0.2) is 18.2 Å². The van der Waals surface area contributed by atoms with Crippen LogP contribution < -0.4 is 5.32 Å². The number of Topliss-reactive ketones (excluding diaryl/α,β-unsaturated/α-hetero) is 1. The Morgan fingerprint density at radius 1 is 1.18 bits per heavy atom. The van der Waals surface area contributed by atoms with Crippen molar-refractivity contribution >= 4 is 17.8 Å². The molecule has 0 bridgehead atoms. The fourth-order valence-corrected chi connectivity index (χ4v) is 1.38. The van der Waals surface area contributed by atoms with Gasteiger partial charge in [-0.15, -0.1) is 0 Å². The zero-order valence-corrected chi connectivity index (χ0v) is 10.2. The number of nitrogens with one attached hydrogen (secondary N) is 1. The average molecular weight is 231 g/mol. The molecular weight excluding hydrogens is 214 g/mol. The smallest absolute Gasteiger partial charge is 0.216 e. The molecule has 0 fully saturated rings. The molecule has 1 aromatic carbocycles. The highest BCUT2D eigenvalue weighted by Crippen LogP contribution is 2.07. The van der Waals surface area contributed by atoms with E-state index in [-0.39, 0.29) is 11.7 Å². The molecule has 3 nitrogen and oxygen atoms in total. The molecule has 0 aliphatic carbocycles. The van der Waals surface area contributed by atoms with Crippen molar-refractivity contribution in [3.05, 3.63) is 41.5 Å². The topological polar surface area (TPSA) is 46.2 Å². The van der Waals surface area contributed by atoms with Crippen molar-refractivity contribution in [3.8, 4) is 0 Å². The molecule has 0 aliphatic heterocycles. The molecule has 0 radical (unpaired) electrons. The molecule has 0 saturated heterocycles. The lowest BCUT2D eigenvalue weighted by Crippen LogP contribution is -2.20. The number of rotatable bonds is 5. The van der Waals surface area contributed by atoms with Gasteiger partial charge in [0.05, 0.1) is 0 Å². The van der Waals surface area contributed by atoms with Crippen LogP contribution in [0.3, 0.4) is 0 Å². The molecule has 1 N–H and O–H groups in total. The summed E-state index contributed by atoms with van der Waals surface area (Å²) in [5, 5.41) is 2.72. The molecule has 17 heavy (non-hydrogen) atoms. The molecule has 0 atom stereocenters. The van der Waals surface area contributed by atoms with Crippen LogP contribution in [0.25, 0.3) is 6.08 Å². The highest BCUT2D eigenvalue weighted by Gasteiger charge is 1.96. The van der Waals surface area contributed by atoms with E-state index in [0.29, 0.717) is 6.54 Å². The zero-order chi connectivity index (χ0) is 12.7. The molecule has 1 aromatic rings. The highest BCUT2D eigenvalue weighted by molar-refractivity contribution is 5.94. The summed E-state index contributed by atoms with van der Waals surface area (Å²) >= 11 is 0. The van der Waals surface area contributed by atoms with Crippen LogP contribution in [-0.2, 0) is 4.79 Å². The number of hydrogen-bond donors (Lipinski definition) is 1. The summed E-state index contributed by atoms with van der Waals surface area (Å²) in [5.41, 5.74) is 1.78. The minimum Gasteiger partial charge on any atom is -0.356 e. The van der Waals surface area contributed by atoms with Crippen LogP contribution >= 0.6 is 0 Å². The van der Waals surface area contributed by atoms with E-state index in [4.69, 9.17) is 0 Å². The maximum Gasteiger partial charge on any atom is 0.216 e. The van der Waals surface area contributed by atoms with E-state index in [9.17, 15) is 9.59 Å². The fraction of sp³-hybridized carbons (Fsp3) is 0.286. The Morgan fingerprint density at radius 2 is 1.82 bits per heavy atom. The summed E-state index contributed by atoms with van der Waals surface area (Å²) in [6, 6.07) is 7.45. The normalized spacial score (nSPS) is 10.5. The molecule has 90 valence electrons. The first-order valence-corrected chi connectivity index (χ1v) is 5.61. The zero-order valence-electron chi connectivity index (χ0n) is 10.2. The van der Waals surface area contributed by atoms with E-state index in [1.807, 2.05) is 36.4 Å². The second-order valence-corrected chi connectivity index (χ2v) is 3.85. The Bertz CT molecular complexity index is 418. The third-order valence-electron chi connectivity index (χ3n) is 2.31. The van der Waals surface area contributed by atoms with Crippen LogP contribution in [0.5, 0.6) is 0 Å². The quantitative estimate of drug-likeness (QED) is 0.625. The predicted octanol–water partition coefficient (Wildman–Crippen LogP) is 2.43. The average Bonchev–Trinajstić information content (AvgIpc) is 2.29. The van der Waals surface area contributed by atoms with E-state index in [2.05, 4.69) is 5.32 Å². The second kappa shape index (κ2) is 6.63. The van der Waals surface area contributed by atoms with Gasteiger partial charge < -0.3 is 5.32 Å². The Kier molecular flexibility index (Phi) is 5.14. The van der Waals surface area contributed by atoms with Gasteiger partial charge in [-0.1, -0.05) is 36.4 Å². The Morgan fingerprint density at radius 3 is 2.35 bits per heavy atom. The van der Waals surface area contributed by atoms with Gasteiger partial charge in [0.1, 0.15) is 0 Å². The Balaban J connectivity index is 2.43. The lowest BCUT2D eigenvalue weighted by atomic mass is 10.1. The van der Waals surface area contributed by atoms with Crippen LogP contribution in [0, 0.1) is 0 Å². The number of carbonyl (C=O) groups is 2. The van der Waals surface area contributed by atoms with Gasteiger partial charge in [0.25, 0.3) is 0 Å². The molecule has 3 heteroatoms. The lowest BCUT2D eigenvalue weighted by molar-refractivity contribution is -0.118. The molecular formula is C14H17NO2. The van der Waals surface area contributed by atoms with Gasteiger partial charge in [-0.05, 0) is 18.9 Å². The highest BCUT2D eigenvalue weighted by atomic mass is 16.1. The summed E-state index contributed by atoms with van der Waals surface area (Å²) < 4.78 is 0. The third-order valence-corrected chi connectivity index (χ3v) is 2.31. The van der Waals surface area contributed by atoms with Crippen LogP contribution in [0.15, 0.2) is 30.3 Å². The van der Waals surface area contributed by atoms with Crippen molar-refractivity contribution in [2.75, 3.05) is 6.54 Å². The summed E-state index contributed by atoms with van der Waals surface area (Å²) in [6.45, 7) is 3.71. The molecule has 0 heterocycles. The van der Waals surface area contributed by atoms with Crippen molar-refractivity contribution in [3.63, 3.8) is 0 Å². The van der Waals surface area contributed by atoms with Crippen molar-refractivity contribution < 1.29 is 9.59 Å². The summed E-state index contributed by atoms with van der Waals surface area (Å²) in [5.74, 6) is 0.0652. The standard InChI is InChI=1S/C14H17NO2/c1-11(16)14-8-6-13(7-9-14)5-3-4-10-15-12(2)17/h3,5-9H,4,10H2,1-2H3,(H,15,17). The van der Waals surface area contributed by atoms with E-state index >= 15 is 0 Å². The van der Waals surface area contributed by atoms with Crippen molar-refractivity contribution in [2.45, 2.75) is 20.3 Å². The van der Waals surface area contributed by atoms with Gasteiger partial charge in [-0.25, -0.2) is 0 Å². The van der Waals surface area contributed by atoms with Gasteiger partial charge in [0.2, 0.25) is 5.91 Å². The summed E-state index contributed by atoms with van der Waals surface area (Å²) in [6.07, 6.45) is 4.78. The van der Waals surface area contributed by atoms with Crippen LogP contribution in [0.2, 0.25) is 0 Å². The van der Waals surface area contributed by atoms with E-state index in [1.165, 1.54) is 6.92 Å². The van der Waals surface area contributed by atoms with Crippen LogP contribution in [0.4, 0.5) is 0 Å². The first-order valence-electron chi connectivity index (χ1n) is 5.61. The Hall–Kier alpha value is -1.90. The van der Waals surface area contributed by atoms with E-state index < -0.39 is 0 Å². The molecule has 0 unspecified atom stereocenters. The minimum atomic E-state index is -0.00999. The molecule has 0 aliphatic rings. The first-order chi connectivity index (χ1) is 8.09. The maximum absolute atomic E-state index is 11.1. The molecule has 1 rings (SSSR count). The molecule has 0 spiro atoms. The SMILES string of the molecule is CC(=O)NCCC=Cc1ccc(C(C)=O)cc1. The summed E-state index contributed by atoms with van der Waals surface area (Å²) in [4.78, 5) is 21.7. The van der Waals surface area contributed by atoms with Gasteiger partial charge >= 0.3 is 0 Å². The fourth-order valence-electron chi connectivity index (χ4n) is 1.38. The van der Waals surface area contributed by atoms with E-state index in [1.54, 1.807) is 6.92 Å². The van der Waals surface area contributed by atoms with Crippen molar-refractivity contribution in [1.82, 2.24) is 5.32 Å². The first kappa shape index (κ1) is 13.2. The largest absolute Gasteiger partial charge is 0.356 e. The van der Waals surface area contributed by atoms with Gasteiger partial charge in [-0.2, -0.15) is 0 Å². The number of ketones is 1. The number of amides is 1. The van der Waals surface area contributed by atoms with E-state index in [0.717, 1.165) is 17.5 Å². The summed E-state index contributed by atoms with van der Waals surface area (Å²) in [7, 11) is 0.